The lowest BCUT2D eigenvalue weighted by Crippen LogP contribution is -2.37. The van der Waals surface area contributed by atoms with Crippen molar-refractivity contribution < 1.29 is 8.42 Å². The smallest absolute Gasteiger partial charge is 0.247 e. The summed E-state index contributed by atoms with van der Waals surface area (Å²) >= 11 is 3.28. The Morgan fingerprint density at radius 1 is 1.56 bits per heavy atom. The quantitative estimate of drug-likeness (QED) is 0.848. The Morgan fingerprint density at radius 3 is 2.72 bits per heavy atom. The van der Waals surface area contributed by atoms with Gasteiger partial charge in [-0.15, -0.1) is 0 Å². The van der Waals surface area contributed by atoms with Crippen molar-refractivity contribution in [2.24, 2.45) is 13.0 Å². The van der Waals surface area contributed by atoms with Crippen LogP contribution in [0.15, 0.2) is 15.7 Å². The van der Waals surface area contributed by atoms with E-state index < -0.39 is 10.0 Å². The summed E-state index contributed by atoms with van der Waals surface area (Å²) in [5.41, 5.74) is 0. The molecule has 0 aliphatic carbocycles. The monoisotopic (exact) mass is 335 g/mol. The molecule has 0 unspecified atom stereocenters. The van der Waals surface area contributed by atoms with Crippen molar-refractivity contribution in [1.82, 2.24) is 14.1 Å². The fraction of sp³-hybridized carbons (Fsp3) is 0.727. The first-order chi connectivity index (χ1) is 8.39. The van der Waals surface area contributed by atoms with Crippen LogP contribution in [0.2, 0.25) is 0 Å². The molecule has 0 aromatic carbocycles. The predicted octanol–water partition coefficient (Wildman–Crippen LogP) is 1.99. The van der Waals surface area contributed by atoms with E-state index in [-0.39, 0.29) is 10.9 Å². The van der Waals surface area contributed by atoms with Gasteiger partial charge in [-0.05, 0) is 34.7 Å². The van der Waals surface area contributed by atoms with E-state index in [4.69, 9.17) is 0 Å². The molecule has 102 valence electrons. The van der Waals surface area contributed by atoms with Crippen LogP contribution in [0, 0.1) is 5.92 Å². The lowest BCUT2D eigenvalue weighted by molar-refractivity contribution is 0.339. The largest absolute Gasteiger partial charge is 0.260 e. The second kappa shape index (κ2) is 4.94. The molecule has 0 radical (unpaired) electrons. The van der Waals surface area contributed by atoms with E-state index in [0.717, 1.165) is 12.8 Å². The second-order valence-corrected chi connectivity index (χ2v) is 7.39. The van der Waals surface area contributed by atoms with Crippen LogP contribution in [0.25, 0.3) is 0 Å². The van der Waals surface area contributed by atoms with E-state index in [1.165, 1.54) is 10.9 Å². The zero-order valence-corrected chi connectivity index (χ0v) is 13.2. The van der Waals surface area contributed by atoms with Gasteiger partial charge in [0.25, 0.3) is 0 Å². The number of rotatable bonds is 3. The van der Waals surface area contributed by atoms with Gasteiger partial charge in [0.15, 0.2) is 0 Å². The summed E-state index contributed by atoms with van der Waals surface area (Å²) in [7, 11) is -1.72. The first-order valence-electron chi connectivity index (χ1n) is 6.09. The number of hydrogen-bond acceptors (Lipinski definition) is 3. The molecule has 7 heteroatoms. The van der Waals surface area contributed by atoms with Gasteiger partial charge < -0.3 is 0 Å². The van der Waals surface area contributed by atoms with Gasteiger partial charge in [-0.2, -0.15) is 9.40 Å². The van der Waals surface area contributed by atoms with E-state index in [0.29, 0.717) is 17.1 Å². The SMILES string of the molecule is CC[C@H]1[C@H](C)CCN1S(=O)(=O)c1cnn(C)c1Br. The van der Waals surface area contributed by atoms with Crippen molar-refractivity contribution in [3.8, 4) is 0 Å². The average Bonchev–Trinajstić information content (AvgIpc) is 2.84. The molecule has 2 heterocycles. The molecular formula is C11H18BrN3O2S. The summed E-state index contributed by atoms with van der Waals surface area (Å²) in [6.07, 6.45) is 3.18. The van der Waals surface area contributed by atoms with Crippen LogP contribution in [0.4, 0.5) is 0 Å². The summed E-state index contributed by atoms with van der Waals surface area (Å²) in [6.45, 7) is 4.75. The molecule has 5 nitrogen and oxygen atoms in total. The molecule has 1 saturated heterocycles. The van der Waals surface area contributed by atoms with Crippen LogP contribution >= 0.6 is 15.9 Å². The molecule has 2 atom stereocenters. The van der Waals surface area contributed by atoms with E-state index >= 15 is 0 Å². The molecule has 0 saturated carbocycles. The van der Waals surface area contributed by atoms with E-state index in [1.54, 1.807) is 11.4 Å². The van der Waals surface area contributed by atoms with Gasteiger partial charge in [0.05, 0.1) is 6.20 Å². The molecule has 1 fully saturated rings. The first kappa shape index (κ1) is 14.0. The lowest BCUT2D eigenvalue weighted by Gasteiger charge is -2.24. The molecule has 0 N–H and O–H groups in total. The Kier molecular flexibility index (Phi) is 3.85. The van der Waals surface area contributed by atoms with Crippen LogP contribution in [0.3, 0.4) is 0 Å². The van der Waals surface area contributed by atoms with E-state index in [9.17, 15) is 8.42 Å². The van der Waals surface area contributed by atoms with Crippen LogP contribution in [-0.4, -0.2) is 35.1 Å². The minimum absolute atomic E-state index is 0.0992. The number of sulfonamides is 1. The summed E-state index contributed by atoms with van der Waals surface area (Å²) in [6, 6.07) is 0.0992. The molecule has 0 amide bonds. The Bertz CT molecular complexity index is 540. The maximum Gasteiger partial charge on any atom is 0.247 e. The molecule has 2 rings (SSSR count). The highest BCUT2D eigenvalue weighted by molar-refractivity contribution is 9.10. The summed E-state index contributed by atoms with van der Waals surface area (Å²) in [5.74, 6) is 0.417. The van der Waals surface area contributed by atoms with Gasteiger partial charge in [0.2, 0.25) is 10.0 Å². The third-order valence-electron chi connectivity index (χ3n) is 3.67. The summed E-state index contributed by atoms with van der Waals surface area (Å²) in [4.78, 5) is 0.262. The van der Waals surface area contributed by atoms with Gasteiger partial charge >= 0.3 is 0 Å². The predicted molar refractivity (Wildman–Crippen MR) is 72.7 cm³/mol. The van der Waals surface area contributed by atoms with Crippen LogP contribution in [-0.2, 0) is 17.1 Å². The highest BCUT2D eigenvalue weighted by Crippen LogP contribution is 2.33. The fourth-order valence-corrected chi connectivity index (χ4v) is 5.22. The number of hydrogen-bond donors (Lipinski definition) is 0. The van der Waals surface area contributed by atoms with E-state index in [2.05, 4.69) is 28.0 Å². The molecule has 0 bridgehead atoms. The maximum atomic E-state index is 12.6. The maximum absolute atomic E-state index is 12.6. The van der Waals surface area contributed by atoms with Gasteiger partial charge in [0.1, 0.15) is 9.50 Å². The van der Waals surface area contributed by atoms with Crippen LogP contribution < -0.4 is 0 Å². The first-order valence-corrected chi connectivity index (χ1v) is 8.32. The van der Waals surface area contributed by atoms with Crippen molar-refractivity contribution in [1.29, 1.82) is 0 Å². The topological polar surface area (TPSA) is 55.2 Å². The normalized spacial score (nSPS) is 25.8. The molecule has 1 aliphatic rings. The van der Waals surface area contributed by atoms with Crippen LogP contribution in [0.1, 0.15) is 26.7 Å². The molecular weight excluding hydrogens is 318 g/mol. The van der Waals surface area contributed by atoms with E-state index in [1.807, 2.05) is 6.92 Å². The van der Waals surface area contributed by atoms with Crippen molar-refractivity contribution >= 4 is 26.0 Å². The van der Waals surface area contributed by atoms with Crippen molar-refractivity contribution in [2.45, 2.75) is 37.6 Å². The number of aryl methyl sites for hydroxylation is 1. The standard InChI is InChI=1S/C11H18BrN3O2S/c1-4-9-8(2)5-6-15(9)18(16,17)10-7-13-14(3)11(10)12/h7-9H,4-6H2,1-3H3/t8-,9+/m1/s1. The zero-order valence-electron chi connectivity index (χ0n) is 10.8. The minimum Gasteiger partial charge on any atom is -0.260 e. The Balaban J connectivity index is 2.41. The highest BCUT2D eigenvalue weighted by Gasteiger charge is 2.39. The van der Waals surface area contributed by atoms with Gasteiger partial charge in [-0.3, -0.25) is 4.68 Å². The average molecular weight is 336 g/mol. The number of halogens is 1. The van der Waals surface area contributed by atoms with Crippen molar-refractivity contribution in [3.05, 3.63) is 10.8 Å². The summed E-state index contributed by atoms with van der Waals surface area (Å²) < 4.78 is 28.9. The lowest BCUT2D eigenvalue weighted by atomic mass is 10.0. The molecule has 1 aliphatic heterocycles. The molecule has 1 aromatic rings. The Hall–Kier alpha value is -0.400. The third kappa shape index (κ3) is 2.12. The van der Waals surface area contributed by atoms with Gasteiger partial charge in [-0.25, -0.2) is 8.42 Å². The Labute approximate surface area is 116 Å². The molecule has 1 aromatic heterocycles. The Morgan fingerprint density at radius 2 is 2.22 bits per heavy atom. The third-order valence-corrected chi connectivity index (χ3v) is 6.80. The van der Waals surface area contributed by atoms with Crippen molar-refractivity contribution in [3.63, 3.8) is 0 Å². The zero-order chi connectivity index (χ0) is 13.5. The number of nitrogens with zero attached hydrogens (tertiary/aromatic N) is 3. The second-order valence-electron chi connectivity index (χ2n) is 4.78. The molecule has 0 spiro atoms. The fourth-order valence-electron chi connectivity index (χ4n) is 2.58. The highest BCUT2D eigenvalue weighted by atomic mass is 79.9. The number of aromatic nitrogens is 2. The van der Waals surface area contributed by atoms with Crippen LogP contribution in [0.5, 0.6) is 0 Å². The van der Waals surface area contributed by atoms with Gasteiger partial charge in [0, 0.05) is 19.6 Å². The van der Waals surface area contributed by atoms with Gasteiger partial charge in [-0.1, -0.05) is 13.8 Å². The molecule has 18 heavy (non-hydrogen) atoms. The minimum atomic E-state index is -3.44. The van der Waals surface area contributed by atoms with Crippen molar-refractivity contribution in [2.75, 3.05) is 6.54 Å². The summed E-state index contributed by atoms with van der Waals surface area (Å²) in [5, 5.41) is 3.99.